The normalized spacial score (nSPS) is 16.9. The van der Waals surface area contributed by atoms with Crippen LogP contribution in [0.4, 0.5) is 5.82 Å². The molecular formula is C13H20N2. The SMILES string of the molecule is Cc1ccc(NCCC2CCCC2)nc1. The van der Waals surface area contributed by atoms with Crippen molar-refractivity contribution in [2.24, 2.45) is 5.92 Å². The zero-order chi connectivity index (χ0) is 10.5. The van der Waals surface area contributed by atoms with Crippen LogP contribution in [0, 0.1) is 12.8 Å². The van der Waals surface area contributed by atoms with Crippen LogP contribution in [-0.2, 0) is 0 Å². The lowest BCUT2D eigenvalue weighted by Gasteiger charge is -2.10. The number of hydrogen-bond acceptors (Lipinski definition) is 2. The van der Waals surface area contributed by atoms with Gasteiger partial charge in [0.15, 0.2) is 0 Å². The van der Waals surface area contributed by atoms with E-state index in [0.29, 0.717) is 0 Å². The summed E-state index contributed by atoms with van der Waals surface area (Å²) in [6, 6.07) is 4.16. The van der Waals surface area contributed by atoms with Gasteiger partial charge in [-0.15, -0.1) is 0 Å². The van der Waals surface area contributed by atoms with Crippen molar-refractivity contribution in [3.8, 4) is 0 Å². The van der Waals surface area contributed by atoms with Crippen LogP contribution in [0.3, 0.4) is 0 Å². The van der Waals surface area contributed by atoms with Crippen molar-refractivity contribution in [3.05, 3.63) is 23.9 Å². The van der Waals surface area contributed by atoms with E-state index in [1.54, 1.807) is 0 Å². The maximum atomic E-state index is 4.33. The maximum Gasteiger partial charge on any atom is 0.125 e. The van der Waals surface area contributed by atoms with Crippen LogP contribution in [0.15, 0.2) is 18.3 Å². The highest BCUT2D eigenvalue weighted by Gasteiger charge is 2.13. The van der Waals surface area contributed by atoms with Crippen LogP contribution < -0.4 is 5.32 Å². The molecular weight excluding hydrogens is 184 g/mol. The fraction of sp³-hybridized carbons (Fsp3) is 0.615. The molecule has 1 saturated carbocycles. The maximum absolute atomic E-state index is 4.33. The third kappa shape index (κ3) is 3.22. The highest BCUT2D eigenvalue weighted by atomic mass is 15.0. The summed E-state index contributed by atoms with van der Waals surface area (Å²) < 4.78 is 0. The van der Waals surface area contributed by atoms with Gasteiger partial charge in [0, 0.05) is 12.7 Å². The van der Waals surface area contributed by atoms with E-state index in [9.17, 15) is 0 Å². The minimum atomic E-state index is 0.961. The molecule has 15 heavy (non-hydrogen) atoms. The fourth-order valence-corrected chi connectivity index (χ4v) is 2.28. The van der Waals surface area contributed by atoms with E-state index in [2.05, 4.69) is 29.4 Å². The topological polar surface area (TPSA) is 24.9 Å². The average molecular weight is 204 g/mol. The van der Waals surface area contributed by atoms with Gasteiger partial charge in [-0.1, -0.05) is 31.7 Å². The van der Waals surface area contributed by atoms with Crippen molar-refractivity contribution in [1.29, 1.82) is 0 Å². The molecule has 0 bridgehead atoms. The van der Waals surface area contributed by atoms with Gasteiger partial charge in [-0.3, -0.25) is 0 Å². The van der Waals surface area contributed by atoms with Crippen LogP contribution in [-0.4, -0.2) is 11.5 Å². The molecule has 0 saturated heterocycles. The Labute approximate surface area is 92.1 Å². The van der Waals surface area contributed by atoms with Crippen LogP contribution >= 0.6 is 0 Å². The Morgan fingerprint density at radius 3 is 2.80 bits per heavy atom. The summed E-state index contributed by atoms with van der Waals surface area (Å²) in [4.78, 5) is 4.33. The van der Waals surface area contributed by atoms with Gasteiger partial charge in [0.2, 0.25) is 0 Å². The van der Waals surface area contributed by atoms with Gasteiger partial charge in [-0.25, -0.2) is 4.98 Å². The average Bonchev–Trinajstić information content (AvgIpc) is 2.74. The van der Waals surface area contributed by atoms with Gasteiger partial charge in [-0.05, 0) is 30.9 Å². The number of aryl methyl sites for hydroxylation is 1. The van der Waals surface area contributed by atoms with Gasteiger partial charge in [-0.2, -0.15) is 0 Å². The van der Waals surface area contributed by atoms with Crippen LogP contribution in [0.1, 0.15) is 37.7 Å². The summed E-state index contributed by atoms with van der Waals surface area (Å²) in [5.74, 6) is 1.97. The van der Waals surface area contributed by atoms with Crippen molar-refractivity contribution in [2.45, 2.75) is 39.0 Å². The Balaban J connectivity index is 1.71. The van der Waals surface area contributed by atoms with Crippen LogP contribution in [0.25, 0.3) is 0 Å². The largest absolute Gasteiger partial charge is 0.370 e. The van der Waals surface area contributed by atoms with Crippen LogP contribution in [0.5, 0.6) is 0 Å². The molecule has 0 aliphatic heterocycles. The fourth-order valence-electron chi connectivity index (χ4n) is 2.28. The molecule has 2 heteroatoms. The second kappa shape index (κ2) is 5.15. The molecule has 0 atom stereocenters. The lowest BCUT2D eigenvalue weighted by atomic mass is 10.0. The van der Waals surface area contributed by atoms with E-state index in [1.165, 1.54) is 37.7 Å². The standard InChI is InChI=1S/C13H20N2/c1-11-6-7-13(15-10-11)14-9-8-12-4-2-3-5-12/h6-7,10,12H,2-5,8-9H2,1H3,(H,14,15). The molecule has 2 nitrogen and oxygen atoms in total. The van der Waals surface area contributed by atoms with Gasteiger partial charge in [0.1, 0.15) is 5.82 Å². The third-order valence-corrected chi connectivity index (χ3v) is 3.24. The summed E-state index contributed by atoms with van der Waals surface area (Å²) in [7, 11) is 0. The van der Waals surface area contributed by atoms with Gasteiger partial charge < -0.3 is 5.32 Å². The van der Waals surface area contributed by atoms with E-state index in [-0.39, 0.29) is 0 Å². The molecule has 1 N–H and O–H groups in total. The zero-order valence-corrected chi connectivity index (χ0v) is 9.50. The van der Waals surface area contributed by atoms with Crippen molar-refractivity contribution in [3.63, 3.8) is 0 Å². The van der Waals surface area contributed by atoms with E-state index in [0.717, 1.165) is 18.3 Å². The number of aromatic nitrogens is 1. The summed E-state index contributed by atoms with van der Waals surface area (Å²) in [5, 5.41) is 3.39. The highest BCUT2D eigenvalue weighted by molar-refractivity contribution is 5.34. The first-order chi connectivity index (χ1) is 7.34. The Morgan fingerprint density at radius 1 is 1.33 bits per heavy atom. The number of rotatable bonds is 4. The molecule has 1 aromatic heterocycles. The molecule has 0 radical (unpaired) electrons. The Bertz CT molecular complexity index is 286. The predicted octanol–water partition coefficient (Wildman–Crippen LogP) is 3.38. The van der Waals surface area contributed by atoms with Crippen LogP contribution in [0.2, 0.25) is 0 Å². The Kier molecular flexibility index (Phi) is 3.59. The molecule has 2 rings (SSSR count). The molecule has 1 aromatic rings. The molecule has 0 spiro atoms. The monoisotopic (exact) mass is 204 g/mol. The summed E-state index contributed by atoms with van der Waals surface area (Å²) in [5.41, 5.74) is 1.22. The minimum Gasteiger partial charge on any atom is -0.370 e. The van der Waals surface area contributed by atoms with Crippen molar-refractivity contribution >= 4 is 5.82 Å². The molecule has 82 valence electrons. The Hall–Kier alpha value is -1.05. The summed E-state index contributed by atoms with van der Waals surface area (Å²) >= 11 is 0. The first-order valence-electron chi connectivity index (χ1n) is 6.01. The number of anilines is 1. The molecule has 1 fully saturated rings. The van der Waals surface area contributed by atoms with Crippen molar-refractivity contribution in [1.82, 2.24) is 4.98 Å². The van der Waals surface area contributed by atoms with E-state index >= 15 is 0 Å². The second-order valence-corrected chi connectivity index (χ2v) is 4.59. The Morgan fingerprint density at radius 2 is 2.13 bits per heavy atom. The van der Waals surface area contributed by atoms with Gasteiger partial charge in [0.05, 0.1) is 0 Å². The van der Waals surface area contributed by atoms with Crippen molar-refractivity contribution in [2.75, 3.05) is 11.9 Å². The second-order valence-electron chi connectivity index (χ2n) is 4.59. The molecule has 0 unspecified atom stereocenters. The summed E-state index contributed by atoms with van der Waals surface area (Å²) in [6.45, 7) is 3.13. The number of pyridine rings is 1. The number of nitrogens with one attached hydrogen (secondary N) is 1. The van der Waals surface area contributed by atoms with E-state index < -0.39 is 0 Å². The first-order valence-corrected chi connectivity index (χ1v) is 6.01. The first kappa shape index (κ1) is 10.5. The minimum absolute atomic E-state index is 0.961. The van der Waals surface area contributed by atoms with Crippen molar-refractivity contribution < 1.29 is 0 Å². The number of nitrogens with zero attached hydrogens (tertiary/aromatic N) is 1. The quantitative estimate of drug-likeness (QED) is 0.813. The van der Waals surface area contributed by atoms with Gasteiger partial charge >= 0.3 is 0 Å². The third-order valence-electron chi connectivity index (χ3n) is 3.24. The summed E-state index contributed by atoms with van der Waals surface area (Å²) in [6.07, 6.45) is 8.96. The molecule has 0 amide bonds. The van der Waals surface area contributed by atoms with E-state index in [4.69, 9.17) is 0 Å². The number of hydrogen-bond donors (Lipinski definition) is 1. The smallest absolute Gasteiger partial charge is 0.125 e. The molecule has 0 aromatic carbocycles. The van der Waals surface area contributed by atoms with Gasteiger partial charge in [0.25, 0.3) is 0 Å². The lowest BCUT2D eigenvalue weighted by Crippen LogP contribution is -2.07. The predicted molar refractivity (Wildman–Crippen MR) is 64.0 cm³/mol. The lowest BCUT2D eigenvalue weighted by molar-refractivity contribution is 0.518. The molecule has 1 aliphatic carbocycles. The zero-order valence-electron chi connectivity index (χ0n) is 9.50. The van der Waals surface area contributed by atoms with E-state index in [1.807, 2.05) is 6.20 Å². The highest BCUT2D eigenvalue weighted by Crippen LogP contribution is 2.27. The molecule has 1 heterocycles. The molecule has 1 aliphatic rings.